The zero-order valence-electron chi connectivity index (χ0n) is 10.5. The molecule has 1 aliphatic heterocycles. The Hall–Kier alpha value is -0.760. The second-order valence-electron chi connectivity index (χ2n) is 5.06. The van der Waals surface area contributed by atoms with Gasteiger partial charge in [0.25, 0.3) is 0 Å². The number of methoxy groups -OCH3 is 1. The van der Waals surface area contributed by atoms with Gasteiger partial charge in [-0.25, -0.2) is 0 Å². The van der Waals surface area contributed by atoms with E-state index in [1.165, 1.54) is 37.9 Å². The van der Waals surface area contributed by atoms with Gasteiger partial charge in [0.2, 0.25) is 0 Å². The van der Waals surface area contributed by atoms with E-state index in [0.29, 0.717) is 0 Å². The van der Waals surface area contributed by atoms with Gasteiger partial charge in [-0.15, -0.1) is 0 Å². The molecule has 0 spiro atoms. The highest BCUT2D eigenvalue weighted by molar-refractivity contribution is 5.30. The minimum absolute atomic E-state index is 0.855. The second-order valence-corrected chi connectivity index (χ2v) is 5.06. The van der Waals surface area contributed by atoms with E-state index in [-0.39, 0.29) is 0 Å². The molecule has 1 unspecified atom stereocenters. The number of allylic oxidation sites excluding steroid dienone is 2. The number of hydrogen-bond donors (Lipinski definition) is 0. The molecule has 0 saturated carbocycles. The fraction of sp³-hybridized carbons (Fsp3) is 0.714. The van der Waals surface area contributed by atoms with E-state index in [9.17, 15) is 0 Å². The minimum Gasteiger partial charge on any atom is -0.497 e. The number of rotatable bonds is 3. The van der Waals surface area contributed by atoms with Crippen LogP contribution in [-0.2, 0) is 4.74 Å². The van der Waals surface area contributed by atoms with Crippen molar-refractivity contribution in [2.24, 2.45) is 5.92 Å². The van der Waals surface area contributed by atoms with E-state index in [1.807, 2.05) is 0 Å². The standard InChI is InChI=1S/C14H23NO/c1-12-6-5-9-15(10-12)11-13-7-3-4-8-14(13)16-2/h7-8,12H,3-6,9-11H2,1-2H3. The monoisotopic (exact) mass is 221 g/mol. The van der Waals surface area contributed by atoms with E-state index in [4.69, 9.17) is 4.74 Å². The first-order valence-electron chi connectivity index (χ1n) is 6.45. The summed E-state index contributed by atoms with van der Waals surface area (Å²) in [5.41, 5.74) is 1.39. The van der Waals surface area contributed by atoms with Crippen LogP contribution in [0.5, 0.6) is 0 Å². The second kappa shape index (κ2) is 5.53. The molecular formula is C14H23NO. The van der Waals surface area contributed by atoms with Gasteiger partial charge in [0.1, 0.15) is 5.76 Å². The van der Waals surface area contributed by atoms with Crippen LogP contribution in [0, 0.1) is 5.92 Å². The number of ether oxygens (including phenoxy) is 1. The Morgan fingerprint density at radius 3 is 2.94 bits per heavy atom. The number of piperidine rings is 1. The lowest BCUT2D eigenvalue weighted by molar-refractivity contribution is 0.192. The first-order valence-corrected chi connectivity index (χ1v) is 6.45. The van der Waals surface area contributed by atoms with Gasteiger partial charge in [-0.2, -0.15) is 0 Å². The highest BCUT2D eigenvalue weighted by Crippen LogP contribution is 2.23. The fourth-order valence-corrected chi connectivity index (χ4v) is 2.73. The summed E-state index contributed by atoms with van der Waals surface area (Å²) in [5, 5.41) is 0. The SMILES string of the molecule is COC1=CCCC=C1CN1CCCC(C)C1. The molecule has 2 aliphatic rings. The summed E-state index contributed by atoms with van der Waals surface area (Å²) in [7, 11) is 1.78. The number of nitrogens with zero attached hydrogens (tertiary/aromatic N) is 1. The Morgan fingerprint density at radius 2 is 2.19 bits per heavy atom. The third-order valence-electron chi connectivity index (χ3n) is 3.56. The Labute approximate surface area is 99.0 Å². The summed E-state index contributed by atoms with van der Waals surface area (Å²) in [6.45, 7) is 5.92. The summed E-state index contributed by atoms with van der Waals surface area (Å²) in [6.07, 6.45) is 9.61. The first kappa shape index (κ1) is 11.7. The van der Waals surface area contributed by atoms with Gasteiger partial charge >= 0.3 is 0 Å². The molecule has 0 bridgehead atoms. The summed E-state index contributed by atoms with van der Waals surface area (Å²) >= 11 is 0. The molecule has 16 heavy (non-hydrogen) atoms. The van der Waals surface area contributed by atoms with Crippen molar-refractivity contribution in [2.45, 2.75) is 32.6 Å². The smallest absolute Gasteiger partial charge is 0.119 e. The largest absolute Gasteiger partial charge is 0.497 e. The van der Waals surface area contributed by atoms with Crippen LogP contribution in [0.15, 0.2) is 23.5 Å². The molecule has 1 heterocycles. The average Bonchev–Trinajstić information content (AvgIpc) is 2.30. The topological polar surface area (TPSA) is 12.5 Å². The van der Waals surface area contributed by atoms with Gasteiger partial charge in [0.15, 0.2) is 0 Å². The fourth-order valence-electron chi connectivity index (χ4n) is 2.73. The van der Waals surface area contributed by atoms with Crippen LogP contribution in [0.2, 0.25) is 0 Å². The zero-order chi connectivity index (χ0) is 11.4. The van der Waals surface area contributed by atoms with Gasteiger partial charge in [0, 0.05) is 18.7 Å². The van der Waals surface area contributed by atoms with Crippen LogP contribution in [0.1, 0.15) is 32.6 Å². The van der Waals surface area contributed by atoms with Crippen LogP contribution >= 0.6 is 0 Å². The van der Waals surface area contributed by atoms with Crippen molar-refractivity contribution in [3.8, 4) is 0 Å². The third kappa shape index (κ3) is 2.88. The highest BCUT2D eigenvalue weighted by atomic mass is 16.5. The van der Waals surface area contributed by atoms with Crippen LogP contribution in [0.3, 0.4) is 0 Å². The Kier molecular flexibility index (Phi) is 4.05. The van der Waals surface area contributed by atoms with E-state index in [0.717, 1.165) is 24.6 Å². The molecule has 0 aromatic heterocycles. The Balaban J connectivity index is 1.93. The minimum atomic E-state index is 0.855. The third-order valence-corrected chi connectivity index (χ3v) is 3.56. The van der Waals surface area contributed by atoms with Gasteiger partial charge in [0.05, 0.1) is 7.11 Å². The van der Waals surface area contributed by atoms with Crippen LogP contribution in [0.4, 0.5) is 0 Å². The molecule has 2 nitrogen and oxygen atoms in total. The van der Waals surface area contributed by atoms with Crippen LogP contribution in [-0.4, -0.2) is 31.6 Å². The molecule has 1 atom stereocenters. The predicted octanol–water partition coefficient (Wildman–Crippen LogP) is 2.97. The quantitative estimate of drug-likeness (QED) is 0.726. The van der Waals surface area contributed by atoms with E-state index >= 15 is 0 Å². The molecule has 0 radical (unpaired) electrons. The average molecular weight is 221 g/mol. The molecule has 0 N–H and O–H groups in total. The lowest BCUT2D eigenvalue weighted by Crippen LogP contribution is -2.36. The lowest BCUT2D eigenvalue weighted by atomic mass is 9.98. The molecule has 0 aromatic rings. The van der Waals surface area contributed by atoms with Crippen molar-refractivity contribution in [2.75, 3.05) is 26.7 Å². The summed E-state index contributed by atoms with van der Waals surface area (Å²) in [4.78, 5) is 2.57. The van der Waals surface area contributed by atoms with Crippen molar-refractivity contribution in [1.82, 2.24) is 4.90 Å². The maximum atomic E-state index is 5.44. The van der Waals surface area contributed by atoms with Crippen molar-refractivity contribution in [3.05, 3.63) is 23.5 Å². The zero-order valence-corrected chi connectivity index (χ0v) is 10.5. The highest BCUT2D eigenvalue weighted by Gasteiger charge is 2.19. The van der Waals surface area contributed by atoms with E-state index in [2.05, 4.69) is 24.0 Å². The molecule has 2 heteroatoms. The van der Waals surface area contributed by atoms with Gasteiger partial charge in [-0.1, -0.05) is 13.0 Å². The number of hydrogen-bond acceptors (Lipinski definition) is 2. The molecule has 1 aliphatic carbocycles. The van der Waals surface area contributed by atoms with Crippen LogP contribution < -0.4 is 0 Å². The van der Waals surface area contributed by atoms with Crippen LogP contribution in [0.25, 0.3) is 0 Å². The Morgan fingerprint density at radius 1 is 1.38 bits per heavy atom. The molecule has 2 rings (SSSR count). The summed E-state index contributed by atoms with van der Waals surface area (Å²) in [6, 6.07) is 0. The number of likely N-dealkylation sites (tertiary alicyclic amines) is 1. The van der Waals surface area contributed by atoms with E-state index < -0.39 is 0 Å². The first-order chi connectivity index (χ1) is 7.79. The normalized spacial score (nSPS) is 27.2. The molecule has 0 amide bonds. The molecule has 1 saturated heterocycles. The van der Waals surface area contributed by atoms with Gasteiger partial charge < -0.3 is 4.74 Å². The maximum absolute atomic E-state index is 5.44. The van der Waals surface area contributed by atoms with Gasteiger partial charge in [-0.05, 0) is 44.2 Å². The van der Waals surface area contributed by atoms with Crippen molar-refractivity contribution in [3.63, 3.8) is 0 Å². The van der Waals surface area contributed by atoms with Crippen molar-refractivity contribution < 1.29 is 4.74 Å². The lowest BCUT2D eigenvalue weighted by Gasteiger charge is -2.32. The maximum Gasteiger partial charge on any atom is 0.119 e. The predicted molar refractivity (Wildman–Crippen MR) is 67.2 cm³/mol. The Bertz CT molecular complexity index is 293. The van der Waals surface area contributed by atoms with Gasteiger partial charge in [-0.3, -0.25) is 4.90 Å². The molecule has 1 fully saturated rings. The van der Waals surface area contributed by atoms with Crippen molar-refractivity contribution >= 4 is 0 Å². The molecule has 90 valence electrons. The molecular weight excluding hydrogens is 198 g/mol. The van der Waals surface area contributed by atoms with Crippen molar-refractivity contribution in [1.29, 1.82) is 0 Å². The summed E-state index contributed by atoms with van der Waals surface area (Å²) < 4.78 is 5.44. The summed E-state index contributed by atoms with van der Waals surface area (Å²) in [5.74, 6) is 1.96. The van der Waals surface area contributed by atoms with E-state index in [1.54, 1.807) is 7.11 Å². The molecule has 0 aromatic carbocycles.